The van der Waals surface area contributed by atoms with E-state index in [2.05, 4.69) is 33.9 Å². The van der Waals surface area contributed by atoms with Gasteiger partial charge in [-0.05, 0) is 58.0 Å². The molecule has 0 atom stereocenters. The van der Waals surface area contributed by atoms with Gasteiger partial charge in [-0.15, -0.1) is 0 Å². The number of hydrogen-bond acceptors (Lipinski definition) is 5. The molecular formula is C23H39NO5SSi. The van der Waals surface area contributed by atoms with Gasteiger partial charge in [-0.1, -0.05) is 38.5 Å². The molecule has 0 heterocycles. The predicted octanol–water partition coefficient (Wildman–Crippen LogP) is 5.25. The molecular weight excluding hydrogens is 430 g/mol. The molecule has 0 aliphatic rings. The summed E-state index contributed by atoms with van der Waals surface area (Å²) in [4.78, 5) is 12.7. The zero-order valence-electron chi connectivity index (χ0n) is 20.7. The molecule has 0 fully saturated rings. The monoisotopic (exact) mass is 469 g/mol. The van der Waals surface area contributed by atoms with Crippen molar-refractivity contribution >= 4 is 24.3 Å². The SMILES string of the molecule is COC(=O)/C(=C/N(C(C)(C)C)S(=O)(=O)c1ccc(C)cc1)CCO[Si](C)(C)C(C)(C)C. The number of benzene rings is 1. The van der Waals surface area contributed by atoms with Crippen LogP contribution in [0.15, 0.2) is 40.9 Å². The van der Waals surface area contributed by atoms with Crippen LogP contribution in [0.5, 0.6) is 0 Å². The van der Waals surface area contributed by atoms with Gasteiger partial charge in [0.1, 0.15) is 0 Å². The molecule has 0 unspecified atom stereocenters. The molecule has 0 spiro atoms. The number of esters is 1. The van der Waals surface area contributed by atoms with Crippen molar-refractivity contribution in [1.82, 2.24) is 4.31 Å². The van der Waals surface area contributed by atoms with Crippen LogP contribution in [0.25, 0.3) is 0 Å². The molecule has 1 rings (SSSR count). The fourth-order valence-corrected chi connectivity index (χ4v) is 5.31. The Hall–Kier alpha value is -1.64. The van der Waals surface area contributed by atoms with Gasteiger partial charge in [-0.25, -0.2) is 13.2 Å². The van der Waals surface area contributed by atoms with Crippen LogP contribution in [-0.4, -0.2) is 46.3 Å². The number of sulfonamides is 1. The first-order chi connectivity index (χ1) is 13.9. The van der Waals surface area contributed by atoms with E-state index < -0.39 is 29.8 Å². The Kier molecular flexibility index (Phi) is 8.73. The molecule has 1 aromatic rings. The van der Waals surface area contributed by atoms with Gasteiger partial charge in [-0.3, -0.25) is 4.31 Å². The molecule has 0 aliphatic heterocycles. The van der Waals surface area contributed by atoms with Crippen molar-refractivity contribution in [3.8, 4) is 0 Å². The molecule has 0 N–H and O–H groups in total. The number of ether oxygens (including phenoxy) is 1. The van der Waals surface area contributed by atoms with Crippen LogP contribution >= 0.6 is 0 Å². The second-order valence-corrected chi connectivity index (χ2v) is 16.9. The maximum Gasteiger partial charge on any atom is 0.335 e. The third-order valence-corrected chi connectivity index (χ3v) is 12.2. The molecule has 0 radical (unpaired) electrons. The molecule has 0 amide bonds. The van der Waals surface area contributed by atoms with E-state index in [0.717, 1.165) is 5.56 Å². The zero-order chi connectivity index (χ0) is 24.3. The number of aryl methyl sites for hydroxylation is 1. The molecule has 31 heavy (non-hydrogen) atoms. The van der Waals surface area contributed by atoms with Crippen molar-refractivity contribution in [2.45, 2.75) is 83.5 Å². The van der Waals surface area contributed by atoms with Crippen molar-refractivity contribution in [3.05, 3.63) is 41.6 Å². The maximum absolute atomic E-state index is 13.4. The van der Waals surface area contributed by atoms with Crippen molar-refractivity contribution in [2.24, 2.45) is 0 Å². The van der Waals surface area contributed by atoms with Gasteiger partial charge in [0.15, 0.2) is 8.32 Å². The van der Waals surface area contributed by atoms with Gasteiger partial charge in [0, 0.05) is 24.8 Å². The molecule has 0 aliphatic carbocycles. The number of hydrogen-bond donors (Lipinski definition) is 0. The van der Waals surface area contributed by atoms with Gasteiger partial charge >= 0.3 is 5.97 Å². The second kappa shape index (κ2) is 9.88. The van der Waals surface area contributed by atoms with Crippen LogP contribution in [0.3, 0.4) is 0 Å². The van der Waals surface area contributed by atoms with Crippen molar-refractivity contribution < 1.29 is 22.4 Å². The maximum atomic E-state index is 13.4. The Bertz CT molecular complexity index is 891. The summed E-state index contributed by atoms with van der Waals surface area (Å²) in [6.07, 6.45) is 1.66. The Morgan fingerprint density at radius 3 is 2.00 bits per heavy atom. The first kappa shape index (κ1) is 27.4. The minimum atomic E-state index is -3.87. The highest BCUT2D eigenvalue weighted by Gasteiger charge is 2.37. The van der Waals surface area contributed by atoms with Crippen molar-refractivity contribution in [2.75, 3.05) is 13.7 Å². The lowest BCUT2D eigenvalue weighted by Crippen LogP contribution is -2.42. The van der Waals surface area contributed by atoms with Crippen LogP contribution in [0, 0.1) is 6.92 Å². The summed E-state index contributed by atoms with van der Waals surface area (Å²) in [6.45, 7) is 18.3. The summed E-state index contributed by atoms with van der Waals surface area (Å²) < 4.78 is 39.2. The Balaban J connectivity index is 3.32. The predicted molar refractivity (Wildman–Crippen MR) is 128 cm³/mol. The first-order valence-electron chi connectivity index (χ1n) is 10.5. The van der Waals surface area contributed by atoms with Crippen molar-refractivity contribution in [3.63, 3.8) is 0 Å². The highest BCUT2D eigenvalue weighted by molar-refractivity contribution is 7.89. The molecule has 0 saturated heterocycles. The van der Waals surface area contributed by atoms with E-state index in [1.807, 2.05) is 6.92 Å². The van der Waals surface area contributed by atoms with Crippen LogP contribution in [0.2, 0.25) is 18.1 Å². The summed E-state index contributed by atoms with van der Waals surface area (Å²) in [5.41, 5.74) is 0.435. The zero-order valence-corrected chi connectivity index (χ0v) is 22.5. The fourth-order valence-electron chi connectivity index (χ4n) is 2.57. The Morgan fingerprint density at radius 2 is 1.58 bits per heavy atom. The number of rotatable bonds is 8. The molecule has 1 aromatic carbocycles. The third kappa shape index (κ3) is 7.19. The van der Waals surface area contributed by atoms with E-state index in [1.54, 1.807) is 45.0 Å². The normalized spacial score (nSPS) is 13.8. The second-order valence-electron chi connectivity index (χ2n) is 10.3. The molecule has 6 nitrogen and oxygen atoms in total. The van der Waals surface area contributed by atoms with Crippen LogP contribution in [-0.2, 0) is 24.0 Å². The standard InChI is InChI=1S/C23H39NO5SSi/c1-18-11-13-20(14-12-18)30(26,27)24(22(2,3)4)17-19(21(25)28-8)15-16-29-31(9,10)23(5,6)7/h11-14,17H,15-16H2,1-10H3/b19-17+. The average Bonchev–Trinajstić information content (AvgIpc) is 2.61. The van der Waals surface area contributed by atoms with E-state index in [4.69, 9.17) is 9.16 Å². The summed E-state index contributed by atoms with van der Waals surface area (Å²) in [7, 11) is -4.58. The van der Waals surface area contributed by atoms with Crippen molar-refractivity contribution in [1.29, 1.82) is 0 Å². The summed E-state index contributed by atoms with van der Waals surface area (Å²) in [5, 5.41) is 0.0361. The van der Waals surface area contributed by atoms with Gasteiger partial charge < -0.3 is 9.16 Å². The number of carbonyl (C=O) groups is 1. The van der Waals surface area contributed by atoms with E-state index in [0.29, 0.717) is 6.61 Å². The number of carbonyl (C=O) groups excluding carboxylic acids is 1. The van der Waals surface area contributed by atoms with Crippen LogP contribution in [0.1, 0.15) is 53.5 Å². The average molecular weight is 470 g/mol. The summed E-state index contributed by atoms with van der Waals surface area (Å²) in [5.74, 6) is -0.563. The van der Waals surface area contributed by atoms with Gasteiger partial charge in [0.25, 0.3) is 10.0 Å². The largest absolute Gasteiger partial charge is 0.466 e. The van der Waals surface area contributed by atoms with Gasteiger partial charge in [0.2, 0.25) is 0 Å². The quantitative estimate of drug-likeness (QED) is 0.295. The molecule has 176 valence electrons. The lowest BCUT2D eigenvalue weighted by molar-refractivity contribution is -0.136. The van der Waals surface area contributed by atoms with E-state index >= 15 is 0 Å². The molecule has 0 bridgehead atoms. The van der Waals surface area contributed by atoms with Gasteiger partial charge in [0.05, 0.1) is 17.6 Å². The molecule has 0 aromatic heterocycles. The minimum Gasteiger partial charge on any atom is -0.466 e. The minimum absolute atomic E-state index is 0.0361. The third-order valence-electron chi connectivity index (χ3n) is 5.60. The lowest BCUT2D eigenvalue weighted by atomic mass is 10.1. The summed E-state index contributed by atoms with van der Waals surface area (Å²) in [6, 6.07) is 6.67. The molecule has 8 heteroatoms. The van der Waals surface area contributed by atoms with Gasteiger partial charge in [-0.2, -0.15) is 0 Å². The van der Waals surface area contributed by atoms with E-state index in [-0.39, 0.29) is 21.9 Å². The molecule has 0 saturated carbocycles. The first-order valence-corrected chi connectivity index (χ1v) is 14.8. The fraction of sp³-hybridized carbons (Fsp3) is 0.609. The van der Waals surface area contributed by atoms with E-state index in [1.165, 1.54) is 17.6 Å². The summed E-state index contributed by atoms with van der Waals surface area (Å²) >= 11 is 0. The van der Waals surface area contributed by atoms with Crippen LogP contribution < -0.4 is 0 Å². The number of methoxy groups -OCH3 is 1. The Morgan fingerprint density at radius 1 is 1.06 bits per heavy atom. The van der Waals surface area contributed by atoms with E-state index in [9.17, 15) is 13.2 Å². The lowest BCUT2D eigenvalue weighted by Gasteiger charge is -2.36. The smallest absolute Gasteiger partial charge is 0.335 e. The number of nitrogens with zero attached hydrogens (tertiary/aromatic N) is 1. The highest BCUT2D eigenvalue weighted by Crippen LogP contribution is 2.36. The Labute approximate surface area is 189 Å². The van der Waals surface area contributed by atoms with Crippen LogP contribution in [0.4, 0.5) is 0 Å². The highest BCUT2D eigenvalue weighted by atomic mass is 32.2. The topological polar surface area (TPSA) is 72.9 Å².